The molecule has 4 aromatic heterocycles. The standard InChI is InChI=1S/C53H31N5O/c1-2-14-33-27-36(26-25-32(33)13-1)51-54-52(56-53(55-51)58-46-22-10-5-17-38(46)39-18-6-11-23-47(39)58)44-31-37(30-43-41-20-8-12-24-49(41)59-50(43)44)57-45-21-9-7-19-40(45)42-28-34-15-3-4-16-35(34)29-48(42)57/h1-31H. The van der Waals surface area contributed by atoms with Crippen LogP contribution in [0.1, 0.15) is 0 Å². The molecule has 0 aliphatic carbocycles. The second-order valence-electron chi connectivity index (χ2n) is 15.3. The average Bonchev–Trinajstić information content (AvgIpc) is 3.95. The zero-order chi connectivity index (χ0) is 38.6. The lowest BCUT2D eigenvalue weighted by Crippen LogP contribution is -2.07. The summed E-state index contributed by atoms with van der Waals surface area (Å²) in [6, 6.07) is 66.3. The van der Waals surface area contributed by atoms with Crippen LogP contribution >= 0.6 is 0 Å². The van der Waals surface area contributed by atoms with Crippen LogP contribution < -0.4 is 0 Å². The zero-order valence-electron chi connectivity index (χ0n) is 31.5. The highest BCUT2D eigenvalue weighted by atomic mass is 16.3. The van der Waals surface area contributed by atoms with Crippen LogP contribution in [-0.4, -0.2) is 24.1 Å². The molecule has 6 nitrogen and oxygen atoms in total. The number of hydrogen-bond donors (Lipinski definition) is 0. The highest BCUT2D eigenvalue weighted by Crippen LogP contribution is 2.41. The topological polar surface area (TPSA) is 61.7 Å². The van der Waals surface area contributed by atoms with E-state index in [0.717, 1.165) is 82.4 Å². The molecule has 59 heavy (non-hydrogen) atoms. The fourth-order valence-corrected chi connectivity index (χ4v) is 9.22. The fraction of sp³-hybridized carbons (Fsp3) is 0. The molecule has 0 bridgehead atoms. The van der Waals surface area contributed by atoms with Crippen molar-refractivity contribution in [1.82, 2.24) is 24.1 Å². The van der Waals surface area contributed by atoms with E-state index >= 15 is 0 Å². The predicted molar refractivity (Wildman–Crippen MR) is 242 cm³/mol. The summed E-state index contributed by atoms with van der Waals surface area (Å²) in [5.41, 5.74) is 8.51. The Morgan fingerprint density at radius 2 is 0.915 bits per heavy atom. The van der Waals surface area contributed by atoms with Gasteiger partial charge in [-0.1, -0.05) is 133 Å². The van der Waals surface area contributed by atoms with Crippen LogP contribution in [0.25, 0.3) is 122 Å². The second-order valence-corrected chi connectivity index (χ2v) is 15.3. The van der Waals surface area contributed by atoms with Crippen LogP contribution in [0.5, 0.6) is 0 Å². The van der Waals surface area contributed by atoms with Crippen molar-refractivity contribution in [3.05, 3.63) is 188 Å². The number of furan rings is 1. The molecule has 0 saturated heterocycles. The number of hydrogen-bond acceptors (Lipinski definition) is 4. The Bertz CT molecular complexity index is 3820. The summed E-state index contributed by atoms with van der Waals surface area (Å²) in [5.74, 6) is 1.64. The molecule has 0 amide bonds. The minimum atomic E-state index is 0.525. The first-order chi connectivity index (χ1) is 29.2. The van der Waals surface area contributed by atoms with Crippen molar-refractivity contribution in [3.63, 3.8) is 0 Å². The molecule has 4 heterocycles. The number of benzene rings is 9. The molecule has 0 radical (unpaired) electrons. The van der Waals surface area contributed by atoms with E-state index in [0.29, 0.717) is 17.6 Å². The largest absolute Gasteiger partial charge is 0.455 e. The van der Waals surface area contributed by atoms with Gasteiger partial charge in [0, 0.05) is 43.6 Å². The van der Waals surface area contributed by atoms with Crippen LogP contribution in [0.4, 0.5) is 0 Å². The van der Waals surface area contributed by atoms with E-state index in [1.54, 1.807) is 0 Å². The second kappa shape index (κ2) is 12.2. The van der Waals surface area contributed by atoms with Gasteiger partial charge in [-0.25, -0.2) is 4.98 Å². The summed E-state index contributed by atoms with van der Waals surface area (Å²) < 4.78 is 11.3. The van der Waals surface area contributed by atoms with Crippen LogP contribution in [0.3, 0.4) is 0 Å². The molecule has 0 fully saturated rings. The molecule has 0 aliphatic rings. The van der Waals surface area contributed by atoms with Crippen LogP contribution in [0.2, 0.25) is 0 Å². The number of para-hydroxylation sites is 4. The number of fused-ring (bicyclic) bond motifs is 11. The van der Waals surface area contributed by atoms with Crippen molar-refractivity contribution in [2.45, 2.75) is 0 Å². The van der Waals surface area contributed by atoms with Gasteiger partial charge in [0.15, 0.2) is 11.6 Å². The maximum Gasteiger partial charge on any atom is 0.238 e. The lowest BCUT2D eigenvalue weighted by atomic mass is 10.1. The molecule has 13 rings (SSSR count). The predicted octanol–water partition coefficient (Wildman–Crippen LogP) is 13.6. The SMILES string of the molecule is c1ccc2cc(-c3nc(-c4cc(-n5c6ccccc6c6cc7ccccc7cc65)cc5c4oc4ccccc45)nc(-n4c5ccccc5c5ccccc54)n3)ccc2c1. The number of nitrogens with zero attached hydrogens (tertiary/aromatic N) is 5. The molecule has 274 valence electrons. The maximum absolute atomic E-state index is 6.80. The van der Waals surface area contributed by atoms with E-state index in [1.807, 2.05) is 12.1 Å². The van der Waals surface area contributed by atoms with Gasteiger partial charge in [-0.2, -0.15) is 9.97 Å². The smallest absolute Gasteiger partial charge is 0.238 e. The summed E-state index contributed by atoms with van der Waals surface area (Å²) in [4.78, 5) is 16.1. The van der Waals surface area contributed by atoms with E-state index in [4.69, 9.17) is 19.4 Å². The first-order valence-corrected chi connectivity index (χ1v) is 19.9. The Balaban J connectivity index is 1.15. The van der Waals surface area contributed by atoms with Crippen molar-refractivity contribution in [3.8, 4) is 34.4 Å². The monoisotopic (exact) mass is 753 g/mol. The Labute approximate surface area is 336 Å². The molecule has 9 aromatic carbocycles. The number of aromatic nitrogens is 5. The summed E-state index contributed by atoms with van der Waals surface area (Å²) in [5, 5.41) is 11.4. The zero-order valence-corrected chi connectivity index (χ0v) is 31.5. The Kier molecular flexibility index (Phi) is 6.63. The van der Waals surface area contributed by atoms with E-state index in [9.17, 15) is 0 Å². The molecule has 0 unspecified atom stereocenters. The Hall–Kier alpha value is -8.09. The Morgan fingerprint density at radius 1 is 0.356 bits per heavy atom. The van der Waals surface area contributed by atoms with Gasteiger partial charge in [0.05, 0.1) is 27.6 Å². The van der Waals surface area contributed by atoms with Crippen molar-refractivity contribution in [2.75, 3.05) is 0 Å². The van der Waals surface area contributed by atoms with Crippen LogP contribution in [0, 0.1) is 0 Å². The molecule has 0 saturated carbocycles. The highest BCUT2D eigenvalue weighted by Gasteiger charge is 2.23. The summed E-state index contributed by atoms with van der Waals surface area (Å²) >= 11 is 0. The summed E-state index contributed by atoms with van der Waals surface area (Å²) in [6.45, 7) is 0. The van der Waals surface area contributed by atoms with Gasteiger partial charge in [-0.3, -0.25) is 4.57 Å². The Morgan fingerprint density at radius 3 is 1.64 bits per heavy atom. The van der Waals surface area contributed by atoms with E-state index < -0.39 is 0 Å². The van der Waals surface area contributed by atoms with Gasteiger partial charge in [0.25, 0.3) is 0 Å². The quantitative estimate of drug-likeness (QED) is 0.180. The maximum atomic E-state index is 6.80. The van der Waals surface area contributed by atoms with Crippen molar-refractivity contribution in [2.24, 2.45) is 0 Å². The van der Waals surface area contributed by atoms with Crippen molar-refractivity contribution < 1.29 is 4.42 Å². The lowest BCUT2D eigenvalue weighted by molar-refractivity contribution is 0.669. The average molecular weight is 754 g/mol. The normalized spacial score (nSPS) is 12.1. The third-order valence-electron chi connectivity index (χ3n) is 11.9. The van der Waals surface area contributed by atoms with Crippen LogP contribution in [-0.2, 0) is 0 Å². The molecule has 0 atom stereocenters. The van der Waals surface area contributed by atoms with Gasteiger partial charge in [0.2, 0.25) is 5.95 Å². The van der Waals surface area contributed by atoms with Gasteiger partial charge < -0.3 is 8.98 Å². The molecule has 0 N–H and O–H groups in total. The van der Waals surface area contributed by atoms with Crippen molar-refractivity contribution in [1.29, 1.82) is 0 Å². The summed E-state index contributed by atoms with van der Waals surface area (Å²) in [7, 11) is 0. The van der Waals surface area contributed by atoms with Gasteiger partial charge in [-0.15, -0.1) is 0 Å². The lowest BCUT2D eigenvalue weighted by Gasteiger charge is -2.14. The first-order valence-electron chi connectivity index (χ1n) is 19.9. The third-order valence-corrected chi connectivity index (χ3v) is 11.9. The van der Waals surface area contributed by atoms with Gasteiger partial charge in [0.1, 0.15) is 11.2 Å². The molecule has 0 aliphatic heterocycles. The molecule has 6 heteroatoms. The minimum Gasteiger partial charge on any atom is -0.455 e. The molecule has 0 spiro atoms. The van der Waals surface area contributed by atoms with Crippen molar-refractivity contribution >= 4 is 87.1 Å². The molecule has 13 aromatic rings. The van der Waals surface area contributed by atoms with Gasteiger partial charge >= 0.3 is 0 Å². The van der Waals surface area contributed by atoms with Gasteiger partial charge in [-0.05, 0) is 76.1 Å². The molecular formula is C53H31N5O. The fourth-order valence-electron chi connectivity index (χ4n) is 9.22. The van der Waals surface area contributed by atoms with E-state index in [1.165, 1.54) is 21.5 Å². The highest BCUT2D eigenvalue weighted by molar-refractivity contribution is 6.15. The molecular weight excluding hydrogens is 723 g/mol. The van der Waals surface area contributed by atoms with E-state index in [-0.39, 0.29) is 0 Å². The van der Waals surface area contributed by atoms with Crippen LogP contribution in [0.15, 0.2) is 192 Å². The van der Waals surface area contributed by atoms with E-state index in [2.05, 4.69) is 185 Å². The third kappa shape index (κ3) is 4.77. The number of rotatable bonds is 4. The summed E-state index contributed by atoms with van der Waals surface area (Å²) in [6.07, 6.45) is 0. The first kappa shape index (κ1) is 32.0. The minimum absolute atomic E-state index is 0.525.